The summed E-state index contributed by atoms with van der Waals surface area (Å²) in [5.41, 5.74) is 1.86. The Labute approximate surface area is 140 Å². The highest BCUT2D eigenvalue weighted by Gasteiger charge is 2.24. The molecule has 1 heterocycles. The topological polar surface area (TPSA) is 38.7 Å². The van der Waals surface area contributed by atoms with Crippen LogP contribution in [0.25, 0.3) is 6.08 Å². The van der Waals surface area contributed by atoms with Gasteiger partial charge in [-0.2, -0.15) is 0 Å². The van der Waals surface area contributed by atoms with E-state index in [0.717, 1.165) is 14.7 Å². The van der Waals surface area contributed by atoms with Crippen LogP contribution in [0.3, 0.4) is 0 Å². The second-order valence-corrected chi connectivity index (χ2v) is 6.08. The molecule has 0 N–H and O–H groups in total. The zero-order chi connectivity index (χ0) is 14.8. The minimum absolute atomic E-state index is 0.270. The van der Waals surface area contributed by atoms with Crippen LogP contribution in [-0.4, -0.2) is 11.9 Å². The fourth-order valence-corrected chi connectivity index (χ4v) is 2.65. The molecule has 2 aromatic carbocycles. The summed E-state index contributed by atoms with van der Waals surface area (Å²) >= 11 is 8.13. The fraction of sp³-hybridized carbons (Fsp3) is 0. The van der Waals surface area contributed by atoms with Crippen molar-refractivity contribution in [3.63, 3.8) is 0 Å². The van der Waals surface area contributed by atoms with Gasteiger partial charge in [-0.15, -0.1) is 0 Å². The Kier molecular flexibility index (Phi) is 4.07. The van der Waals surface area contributed by atoms with Crippen LogP contribution in [0.4, 0.5) is 0 Å². The molecule has 0 spiro atoms. The monoisotopic (exact) mass is 409 g/mol. The van der Waals surface area contributed by atoms with E-state index >= 15 is 0 Å². The molecule has 2 aromatic rings. The lowest BCUT2D eigenvalue weighted by molar-refractivity contribution is -0.129. The molecular weight excluding hydrogens is 401 g/mol. The average Bonchev–Trinajstić information content (AvgIpc) is 2.80. The van der Waals surface area contributed by atoms with E-state index in [1.807, 2.05) is 36.4 Å². The Morgan fingerprint density at radius 3 is 2.71 bits per heavy atom. The summed E-state index contributed by atoms with van der Waals surface area (Å²) in [6, 6.07) is 14.8. The normalized spacial score (nSPS) is 16.0. The molecule has 5 heteroatoms. The molecule has 0 saturated carbocycles. The molecule has 104 valence electrons. The van der Waals surface area contributed by atoms with Crippen LogP contribution < -0.4 is 0 Å². The molecule has 3 rings (SSSR count). The van der Waals surface area contributed by atoms with Gasteiger partial charge in [-0.1, -0.05) is 29.8 Å². The Morgan fingerprint density at radius 2 is 1.95 bits per heavy atom. The molecule has 1 aliphatic heterocycles. The third-order valence-corrected chi connectivity index (χ3v) is 3.75. The van der Waals surface area contributed by atoms with Crippen LogP contribution in [0.5, 0.6) is 0 Å². The number of hydrogen-bond acceptors (Lipinski definition) is 3. The van der Waals surface area contributed by atoms with Crippen molar-refractivity contribution in [2.75, 3.05) is 0 Å². The fourth-order valence-electron chi connectivity index (χ4n) is 1.91. The third-order valence-electron chi connectivity index (χ3n) is 2.84. The number of ether oxygens (including phenoxy) is 1. The van der Waals surface area contributed by atoms with Crippen LogP contribution in [-0.2, 0) is 9.53 Å². The molecular formula is C16H9ClINO2. The number of hydrogen-bond donors (Lipinski definition) is 0. The van der Waals surface area contributed by atoms with E-state index < -0.39 is 5.97 Å². The number of benzene rings is 2. The number of carbonyl (C=O) groups is 1. The maximum absolute atomic E-state index is 11.9. The first kappa shape index (κ1) is 14.3. The molecule has 0 bridgehead atoms. The van der Waals surface area contributed by atoms with Gasteiger partial charge in [-0.05, 0) is 64.6 Å². The Hall–Kier alpha value is -1.66. The summed E-state index contributed by atoms with van der Waals surface area (Å²) in [7, 11) is 0. The first-order valence-electron chi connectivity index (χ1n) is 6.16. The molecule has 0 radical (unpaired) electrons. The molecule has 0 amide bonds. The second kappa shape index (κ2) is 5.99. The van der Waals surface area contributed by atoms with Crippen LogP contribution in [0.1, 0.15) is 11.1 Å². The highest BCUT2D eigenvalue weighted by molar-refractivity contribution is 14.1. The van der Waals surface area contributed by atoms with E-state index in [2.05, 4.69) is 27.6 Å². The van der Waals surface area contributed by atoms with Gasteiger partial charge < -0.3 is 4.74 Å². The van der Waals surface area contributed by atoms with Gasteiger partial charge in [0.15, 0.2) is 5.70 Å². The predicted molar refractivity (Wildman–Crippen MR) is 91.2 cm³/mol. The van der Waals surface area contributed by atoms with Gasteiger partial charge >= 0.3 is 5.97 Å². The zero-order valence-corrected chi connectivity index (χ0v) is 13.6. The van der Waals surface area contributed by atoms with Crippen LogP contribution in [0, 0.1) is 3.57 Å². The van der Waals surface area contributed by atoms with Gasteiger partial charge in [0.25, 0.3) is 0 Å². The average molecular weight is 410 g/mol. The number of cyclic esters (lactones) is 1. The molecule has 21 heavy (non-hydrogen) atoms. The number of halogens is 2. The summed E-state index contributed by atoms with van der Waals surface area (Å²) in [4.78, 5) is 16.2. The van der Waals surface area contributed by atoms with Crippen molar-refractivity contribution in [2.24, 2.45) is 4.99 Å². The maximum atomic E-state index is 11.9. The van der Waals surface area contributed by atoms with Crippen molar-refractivity contribution >= 4 is 52.1 Å². The minimum Gasteiger partial charge on any atom is -0.402 e. The zero-order valence-electron chi connectivity index (χ0n) is 10.7. The largest absolute Gasteiger partial charge is 0.402 e. The molecule has 1 aliphatic rings. The van der Waals surface area contributed by atoms with Crippen LogP contribution >= 0.6 is 34.2 Å². The third kappa shape index (κ3) is 3.33. The molecule has 0 fully saturated rings. The summed E-state index contributed by atoms with van der Waals surface area (Å²) in [5, 5.41) is 0.609. The molecule has 3 nitrogen and oxygen atoms in total. The lowest BCUT2D eigenvalue weighted by Gasteiger charge is -1.99. The molecule has 0 aliphatic carbocycles. The van der Waals surface area contributed by atoms with Gasteiger partial charge in [0.05, 0.1) is 0 Å². The number of esters is 1. The molecule has 0 unspecified atom stereocenters. The smallest absolute Gasteiger partial charge is 0.363 e. The number of aliphatic imine (C=N–C) groups is 1. The van der Waals surface area contributed by atoms with E-state index in [9.17, 15) is 4.79 Å². The summed E-state index contributed by atoms with van der Waals surface area (Å²) in [6.07, 6.45) is 1.66. The number of carbonyl (C=O) groups excluding carboxylic acids is 1. The first-order valence-corrected chi connectivity index (χ1v) is 7.61. The molecule has 0 atom stereocenters. The van der Waals surface area contributed by atoms with Crippen molar-refractivity contribution in [1.82, 2.24) is 0 Å². The SMILES string of the molecule is O=C1OC(c2cccc(I)c2)=NC1=Cc1cccc(Cl)c1. The van der Waals surface area contributed by atoms with Crippen molar-refractivity contribution in [3.05, 3.63) is 73.9 Å². The van der Waals surface area contributed by atoms with E-state index in [-0.39, 0.29) is 5.70 Å². The quantitative estimate of drug-likeness (QED) is 0.422. The van der Waals surface area contributed by atoms with Gasteiger partial charge in [0, 0.05) is 14.2 Å². The maximum Gasteiger partial charge on any atom is 0.363 e. The minimum atomic E-state index is -0.455. The van der Waals surface area contributed by atoms with Gasteiger partial charge in [0.1, 0.15) is 0 Å². The highest BCUT2D eigenvalue weighted by Crippen LogP contribution is 2.21. The van der Waals surface area contributed by atoms with Crippen molar-refractivity contribution in [1.29, 1.82) is 0 Å². The Balaban J connectivity index is 1.95. The van der Waals surface area contributed by atoms with E-state index in [4.69, 9.17) is 16.3 Å². The van der Waals surface area contributed by atoms with Gasteiger partial charge in [-0.3, -0.25) is 0 Å². The summed E-state index contributed by atoms with van der Waals surface area (Å²) in [5.74, 6) is -0.129. The van der Waals surface area contributed by atoms with Gasteiger partial charge in [0.2, 0.25) is 5.90 Å². The van der Waals surface area contributed by atoms with Crippen LogP contribution in [0.15, 0.2) is 59.2 Å². The first-order chi connectivity index (χ1) is 10.1. The van der Waals surface area contributed by atoms with Crippen molar-refractivity contribution in [3.8, 4) is 0 Å². The van der Waals surface area contributed by atoms with Crippen LogP contribution in [0.2, 0.25) is 5.02 Å². The standard InChI is InChI=1S/C16H9ClINO2/c17-12-5-1-3-10(7-12)8-14-16(20)21-15(19-14)11-4-2-6-13(18)9-11/h1-9H. The van der Waals surface area contributed by atoms with Crippen molar-refractivity contribution < 1.29 is 9.53 Å². The van der Waals surface area contributed by atoms with E-state index in [1.165, 1.54) is 0 Å². The second-order valence-electron chi connectivity index (χ2n) is 4.40. The lowest BCUT2D eigenvalue weighted by atomic mass is 10.2. The van der Waals surface area contributed by atoms with E-state index in [1.54, 1.807) is 18.2 Å². The lowest BCUT2D eigenvalue weighted by Crippen LogP contribution is -2.05. The number of nitrogens with zero attached hydrogens (tertiary/aromatic N) is 1. The molecule has 0 aromatic heterocycles. The summed E-state index contributed by atoms with van der Waals surface area (Å²) < 4.78 is 6.28. The Bertz CT molecular complexity index is 783. The number of rotatable bonds is 2. The predicted octanol–water partition coefficient (Wildman–Crippen LogP) is 4.29. The van der Waals surface area contributed by atoms with Crippen molar-refractivity contribution in [2.45, 2.75) is 0 Å². The van der Waals surface area contributed by atoms with E-state index in [0.29, 0.717) is 10.9 Å². The Morgan fingerprint density at radius 1 is 1.14 bits per heavy atom. The molecule has 0 saturated heterocycles. The summed E-state index contributed by atoms with van der Waals surface area (Å²) in [6.45, 7) is 0. The highest BCUT2D eigenvalue weighted by atomic mass is 127. The van der Waals surface area contributed by atoms with Gasteiger partial charge in [-0.25, -0.2) is 9.79 Å².